The Balaban J connectivity index is 2.09. The van der Waals surface area contributed by atoms with Gasteiger partial charge in [0, 0.05) is 27.1 Å². The Morgan fingerprint density at radius 1 is 1.22 bits per heavy atom. The van der Waals surface area contributed by atoms with Gasteiger partial charge in [0.1, 0.15) is 5.75 Å². The van der Waals surface area contributed by atoms with Gasteiger partial charge in [-0.05, 0) is 40.2 Å². The minimum absolute atomic E-state index is 0.0103. The Kier molecular flexibility index (Phi) is 4.18. The normalized spacial score (nSPS) is 13.2. The average Bonchev–Trinajstić information content (AvgIpc) is 2.97. The van der Waals surface area contributed by atoms with Gasteiger partial charge in [0.2, 0.25) is 9.84 Å². The van der Waals surface area contributed by atoms with Gasteiger partial charge in [-0.25, -0.2) is 8.42 Å². The number of fused-ring (bicyclic) bond motifs is 1. The molecule has 0 bridgehead atoms. The first-order chi connectivity index (χ1) is 10.9. The van der Waals surface area contributed by atoms with Crippen LogP contribution in [0.2, 0.25) is 0 Å². The highest BCUT2D eigenvalue weighted by molar-refractivity contribution is 9.10. The monoisotopic (exact) mass is 395 g/mol. The van der Waals surface area contributed by atoms with Crippen LogP contribution in [-0.2, 0) is 9.84 Å². The van der Waals surface area contributed by atoms with Crippen LogP contribution in [0.1, 0.15) is 11.0 Å². The Bertz CT molecular complexity index is 965. The Morgan fingerprint density at radius 3 is 2.65 bits per heavy atom. The summed E-state index contributed by atoms with van der Waals surface area (Å²) in [7, 11) is -2.48. The fourth-order valence-electron chi connectivity index (χ4n) is 2.42. The molecule has 7 heteroatoms. The largest absolute Gasteiger partial charge is 0.497 e. The van der Waals surface area contributed by atoms with Crippen LogP contribution in [0.15, 0.2) is 58.0 Å². The first-order valence-electron chi connectivity index (χ1n) is 6.76. The molecular weight excluding hydrogens is 382 g/mol. The maximum absolute atomic E-state index is 12.8. The average molecular weight is 396 g/mol. The van der Waals surface area contributed by atoms with Crippen molar-refractivity contribution in [1.82, 2.24) is 4.98 Å². The molecule has 1 atom stereocenters. The predicted octanol–water partition coefficient (Wildman–Crippen LogP) is 3.40. The molecule has 23 heavy (non-hydrogen) atoms. The summed E-state index contributed by atoms with van der Waals surface area (Å²) in [6.07, 6.45) is 1.52. The lowest BCUT2D eigenvalue weighted by Crippen LogP contribution is -2.13. The zero-order valence-electron chi connectivity index (χ0n) is 12.2. The maximum atomic E-state index is 12.8. The number of methoxy groups -OCH3 is 1. The summed E-state index contributed by atoms with van der Waals surface area (Å²) in [5.41, 5.74) is -0.572. The zero-order valence-corrected chi connectivity index (χ0v) is 14.6. The molecule has 1 unspecified atom stereocenters. The molecule has 120 valence electrons. The molecule has 0 fully saturated rings. The number of H-pyrrole nitrogens is 1. The number of aromatic nitrogens is 1. The minimum Gasteiger partial charge on any atom is -0.497 e. The van der Waals surface area contributed by atoms with Gasteiger partial charge in [-0.15, -0.1) is 0 Å². The number of ether oxygens (including phenoxy) is 1. The molecule has 5 nitrogen and oxygen atoms in total. The number of rotatable bonds is 4. The number of aliphatic hydroxyl groups excluding tert-OH is 1. The first kappa shape index (κ1) is 16.0. The molecule has 3 aromatic rings. The molecule has 0 amide bonds. The van der Waals surface area contributed by atoms with Crippen molar-refractivity contribution in [2.75, 3.05) is 7.11 Å². The summed E-state index contributed by atoms with van der Waals surface area (Å²) in [6, 6.07) is 11.7. The summed E-state index contributed by atoms with van der Waals surface area (Å²) in [5, 5.41) is 11.2. The summed E-state index contributed by atoms with van der Waals surface area (Å²) in [6.45, 7) is 0. The third kappa shape index (κ3) is 2.75. The fourth-order valence-corrected chi connectivity index (χ4v) is 4.82. The van der Waals surface area contributed by atoms with Gasteiger partial charge in [-0.3, -0.25) is 0 Å². The highest BCUT2D eigenvalue weighted by Gasteiger charge is 2.30. The number of aliphatic hydroxyl groups is 1. The second-order valence-electron chi connectivity index (χ2n) is 4.98. The standard InChI is InChI=1S/C16H14BrNO4S/c1-22-10-6-7-15(13(17)8-10)23(20,21)16(19)12-9-18-14-5-3-2-4-11(12)14/h2-9,16,18-19H,1H3. The summed E-state index contributed by atoms with van der Waals surface area (Å²) < 4.78 is 30.9. The van der Waals surface area contributed by atoms with E-state index in [1.807, 2.05) is 12.1 Å². The van der Waals surface area contributed by atoms with Gasteiger partial charge in [-0.2, -0.15) is 0 Å². The molecular formula is C16H14BrNO4S. The van der Waals surface area contributed by atoms with E-state index in [9.17, 15) is 13.5 Å². The van der Waals surface area contributed by atoms with Gasteiger partial charge in [0.25, 0.3) is 0 Å². The number of aromatic amines is 1. The lowest BCUT2D eigenvalue weighted by Gasteiger charge is -2.13. The minimum atomic E-state index is -3.98. The van der Waals surface area contributed by atoms with E-state index in [4.69, 9.17) is 4.74 Å². The molecule has 0 aliphatic carbocycles. The number of hydrogen-bond acceptors (Lipinski definition) is 4. The second kappa shape index (κ2) is 5.99. The molecule has 0 aliphatic rings. The lowest BCUT2D eigenvalue weighted by atomic mass is 10.2. The van der Waals surface area contributed by atoms with Crippen molar-refractivity contribution in [1.29, 1.82) is 0 Å². The molecule has 2 N–H and O–H groups in total. The number of nitrogens with one attached hydrogen (secondary N) is 1. The van der Waals surface area contributed by atoms with Crippen molar-refractivity contribution in [2.24, 2.45) is 0 Å². The lowest BCUT2D eigenvalue weighted by molar-refractivity contribution is 0.256. The van der Waals surface area contributed by atoms with Gasteiger partial charge in [-0.1, -0.05) is 18.2 Å². The number of benzene rings is 2. The third-order valence-corrected chi connectivity index (χ3v) is 6.36. The van der Waals surface area contributed by atoms with E-state index in [1.165, 1.54) is 19.4 Å². The molecule has 0 spiro atoms. The maximum Gasteiger partial charge on any atom is 0.210 e. The second-order valence-corrected chi connectivity index (χ2v) is 7.81. The fraction of sp³-hybridized carbons (Fsp3) is 0.125. The van der Waals surface area contributed by atoms with E-state index in [1.54, 1.807) is 24.3 Å². The van der Waals surface area contributed by atoms with E-state index in [2.05, 4.69) is 20.9 Å². The molecule has 2 aromatic carbocycles. The van der Waals surface area contributed by atoms with Crippen LogP contribution in [0, 0.1) is 0 Å². The highest BCUT2D eigenvalue weighted by atomic mass is 79.9. The first-order valence-corrected chi connectivity index (χ1v) is 9.10. The van der Waals surface area contributed by atoms with Crippen molar-refractivity contribution >= 4 is 36.7 Å². The Labute approximate surface area is 142 Å². The van der Waals surface area contributed by atoms with Gasteiger partial charge in [0.05, 0.1) is 12.0 Å². The number of sulfone groups is 1. The van der Waals surface area contributed by atoms with Crippen molar-refractivity contribution in [3.8, 4) is 5.75 Å². The van der Waals surface area contributed by atoms with Gasteiger partial charge >= 0.3 is 0 Å². The molecule has 0 radical (unpaired) electrons. The number of halogens is 1. The van der Waals surface area contributed by atoms with Crippen LogP contribution in [0.5, 0.6) is 5.75 Å². The number of para-hydroxylation sites is 1. The van der Waals surface area contributed by atoms with Crippen LogP contribution < -0.4 is 4.74 Å². The molecule has 3 rings (SSSR count). The van der Waals surface area contributed by atoms with Crippen molar-refractivity contribution in [2.45, 2.75) is 10.3 Å². The Morgan fingerprint density at radius 2 is 1.96 bits per heavy atom. The van der Waals surface area contributed by atoms with E-state index in [0.717, 1.165) is 5.52 Å². The van der Waals surface area contributed by atoms with Crippen LogP contribution >= 0.6 is 15.9 Å². The topological polar surface area (TPSA) is 79.4 Å². The van der Waals surface area contributed by atoms with Crippen LogP contribution in [0.3, 0.4) is 0 Å². The molecule has 0 saturated carbocycles. The highest BCUT2D eigenvalue weighted by Crippen LogP contribution is 2.35. The van der Waals surface area contributed by atoms with Crippen molar-refractivity contribution < 1.29 is 18.3 Å². The van der Waals surface area contributed by atoms with E-state index < -0.39 is 15.3 Å². The molecule has 0 saturated heterocycles. The third-order valence-electron chi connectivity index (χ3n) is 3.63. The van der Waals surface area contributed by atoms with Gasteiger partial charge < -0.3 is 14.8 Å². The van der Waals surface area contributed by atoms with Gasteiger partial charge in [0.15, 0.2) is 5.44 Å². The quantitative estimate of drug-likeness (QED) is 0.709. The van der Waals surface area contributed by atoms with Crippen LogP contribution in [-0.4, -0.2) is 25.6 Å². The summed E-state index contributed by atoms with van der Waals surface area (Å²) in [5.74, 6) is 0.525. The zero-order chi connectivity index (χ0) is 16.6. The molecule has 1 aromatic heterocycles. The van der Waals surface area contributed by atoms with E-state index in [0.29, 0.717) is 21.2 Å². The summed E-state index contributed by atoms with van der Waals surface area (Å²) in [4.78, 5) is 2.98. The number of hydrogen-bond donors (Lipinski definition) is 2. The van der Waals surface area contributed by atoms with E-state index >= 15 is 0 Å². The SMILES string of the molecule is COc1ccc(S(=O)(=O)C(O)c2c[nH]c3ccccc23)c(Br)c1. The van der Waals surface area contributed by atoms with Crippen molar-refractivity contribution in [3.05, 3.63) is 58.7 Å². The predicted molar refractivity (Wildman–Crippen MR) is 91.1 cm³/mol. The van der Waals surface area contributed by atoms with Crippen molar-refractivity contribution in [3.63, 3.8) is 0 Å². The van der Waals surface area contributed by atoms with Crippen LogP contribution in [0.25, 0.3) is 10.9 Å². The smallest absolute Gasteiger partial charge is 0.210 e. The molecule has 0 aliphatic heterocycles. The Hall–Kier alpha value is -1.83. The van der Waals surface area contributed by atoms with E-state index in [-0.39, 0.29) is 4.90 Å². The summed E-state index contributed by atoms with van der Waals surface area (Å²) >= 11 is 3.23. The van der Waals surface area contributed by atoms with Crippen LogP contribution in [0.4, 0.5) is 0 Å². The molecule has 1 heterocycles.